The second-order valence-electron chi connectivity index (χ2n) is 5.25. The fourth-order valence-electron chi connectivity index (χ4n) is 2.31. The van der Waals surface area contributed by atoms with Gasteiger partial charge >= 0.3 is 0 Å². The van der Waals surface area contributed by atoms with Crippen LogP contribution in [-0.4, -0.2) is 36.0 Å². The first-order chi connectivity index (χ1) is 8.92. The van der Waals surface area contributed by atoms with E-state index in [2.05, 4.69) is 15.5 Å². The largest absolute Gasteiger partial charge is 0.381 e. The molecule has 5 heteroatoms. The third-order valence-corrected chi connectivity index (χ3v) is 4.78. The molecule has 18 heavy (non-hydrogen) atoms. The van der Waals surface area contributed by atoms with Crippen molar-refractivity contribution in [2.75, 3.05) is 19.8 Å². The molecule has 1 aromatic heterocycles. The first kappa shape index (κ1) is 12.5. The highest BCUT2D eigenvalue weighted by atomic mass is 32.1. The van der Waals surface area contributed by atoms with E-state index in [1.165, 1.54) is 29.3 Å². The van der Waals surface area contributed by atoms with Gasteiger partial charge in [-0.1, -0.05) is 0 Å². The number of aryl methyl sites for hydroxylation is 1. The number of hydrogen-bond donors (Lipinski definition) is 1. The molecule has 0 atom stereocenters. The molecule has 1 aliphatic carbocycles. The van der Waals surface area contributed by atoms with Crippen molar-refractivity contribution in [1.29, 1.82) is 0 Å². The molecule has 0 aromatic carbocycles. The summed E-state index contributed by atoms with van der Waals surface area (Å²) in [6.07, 6.45) is 7.20. The summed E-state index contributed by atoms with van der Waals surface area (Å²) in [6, 6.07) is 0.817. The minimum Gasteiger partial charge on any atom is -0.381 e. The van der Waals surface area contributed by atoms with Gasteiger partial charge in [0.15, 0.2) is 0 Å². The van der Waals surface area contributed by atoms with Crippen molar-refractivity contribution in [3.05, 3.63) is 10.0 Å². The highest BCUT2D eigenvalue weighted by Gasteiger charge is 2.21. The van der Waals surface area contributed by atoms with E-state index in [0.29, 0.717) is 5.92 Å². The molecule has 0 amide bonds. The molecule has 1 saturated carbocycles. The Kier molecular flexibility index (Phi) is 4.23. The fourth-order valence-corrected chi connectivity index (χ4v) is 3.36. The monoisotopic (exact) mass is 267 g/mol. The molecule has 1 N–H and O–H groups in total. The zero-order valence-corrected chi connectivity index (χ0v) is 11.5. The molecule has 0 radical (unpaired) electrons. The molecule has 1 aromatic rings. The van der Waals surface area contributed by atoms with Crippen LogP contribution in [0.2, 0.25) is 0 Å². The van der Waals surface area contributed by atoms with Crippen LogP contribution in [0, 0.1) is 0 Å². The van der Waals surface area contributed by atoms with Gasteiger partial charge in [0.1, 0.15) is 10.0 Å². The smallest absolute Gasteiger partial charge is 0.120 e. The Bertz CT molecular complexity index is 372. The third-order valence-electron chi connectivity index (χ3n) is 3.63. The molecule has 1 aliphatic heterocycles. The van der Waals surface area contributed by atoms with Gasteiger partial charge in [0, 0.05) is 31.6 Å². The predicted octanol–water partition coefficient (Wildman–Crippen LogP) is 2.12. The number of ether oxygens (including phenoxy) is 1. The van der Waals surface area contributed by atoms with Gasteiger partial charge in [-0.05, 0) is 38.6 Å². The van der Waals surface area contributed by atoms with Crippen LogP contribution in [0.3, 0.4) is 0 Å². The number of nitrogens with zero attached hydrogens (tertiary/aromatic N) is 2. The van der Waals surface area contributed by atoms with Gasteiger partial charge in [0.25, 0.3) is 0 Å². The summed E-state index contributed by atoms with van der Waals surface area (Å²) in [5.41, 5.74) is 0. The van der Waals surface area contributed by atoms with Crippen LogP contribution >= 0.6 is 11.3 Å². The van der Waals surface area contributed by atoms with E-state index in [1.807, 2.05) is 11.3 Å². The Morgan fingerprint density at radius 3 is 2.78 bits per heavy atom. The van der Waals surface area contributed by atoms with Gasteiger partial charge < -0.3 is 10.1 Å². The minimum atomic E-state index is 0.592. The first-order valence-electron chi connectivity index (χ1n) is 7.05. The van der Waals surface area contributed by atoms with Gasteiger partial charge in [0.05, 0.1) is 0 Å². The van der Waals surface area contributed by atoms with E-state index in [-0.39, 0.29) is 0 Å². The predicted molar refractivity (Wildman–Crippen MR) is 72.0 cm³/mol. The molecule has 0 bridgehead atoms. The lowest BCUT2D eigenvalue weighted by molar-refractivity contribution is 0.0851. The maximum Gasteiger partial charge on any atom is 0.120 e. The van der Waals surface area contributed by atoms with Crippen LogP contribution in [0.25, 0.3) is 0 Å². The molecule has 4 nitrogen and oxygen atoms in total. The van der Waals surface area contributed by atoms with E-state index in [4.69, 9.17) is 4.74 Å². The molecular weight excluding hydrogens is 246 g/mol. The van der Waals surface area contributed by atoms with Gasteiger partial charge in [-0.15, -0.1) is 21.5 Å². The average Bonchev–Trinajstić information content (AvgIpc) is 3.12. The Morgan fingerprint density at radius 1 is 1.17 bits per heavy atom. The standard InChI is InChI=1S/C13H21N3OS/c1(7-14-11-3-4-11)2-12-15-16-13(18-12)10-5-8-17-9-6-10/h10-11,14H,1-9H2. The van der Waals surface area contributed by atoms with Crippen LogP contribution in [0.15, 0.2) is 0 Å². The summed E-state index contributed by atoms with van der Waals surface area (Å²) in [4.78, 5) is 0. The first-order valence-corrected chi connectivity index (χ1v) is 7.87. The molecule has 2 aliphatic rings. The number of rotatable bonds is 6. The summed E-state index contributed by atoms with van der Waals surface area (Å²) in [7, 11) is 0. The van der Waals surface area contributed by atoms with Crippen molar-refractivity contribution in [2.24, 2.45) is 0 Å². The van der Waals surface area contributed by atoms with E-state index in [1.54, 1.807) is 0 Å². The van der Waals surface area contributed by atoms with Crippen molar-refractivity contribution in [3.63, 3.8) is 0 Å². The Balaban J connectivity index is 1.43. The lowest BCUT2D eigenvalue weighted by Crippen LogP contribution is -2.17. The lowest BCUT2D eigenvalue weighted by atomic mass is 10.0. The topological polar surface area (TPSA) is 47.0 Å². The molecule has 3 rings (SSSR count). The van der Waals surface area contributed by atoms with Crippen LogP contribution in [-0.2, 0) is 11.2 Å². The maximum absolute atomic E-state index is 5.38. The molecule has 2 heterocycles. The van der Waals surface area contributed by atoms with E-state index >= 15 is 0 Å². The molecule has 0 spiro atoms. The summed E-state index contributed by atoms with van der Waals surface area (Å²) in [5, 5.41) is 14.6. The maximum atomic E-state index is 5.38. The van der Waals surface area contributed by atoms with Crippen molar-refractivity contribution in [3.8, 4) is 0 Å². The second kappa shape index (κ2) is 6.08. The van der Waals surface area contributed by atoms with E-state index in [9.17, 15) is 0 Å². The van der Waals surface area contributed by atoms with E-state index < -0.39 is 0 Å². The van der Waals surface area contributed by atoms with Crippen LogP contribution in [0.5, 0.6) is 0 Å². The van der Waals surface area contributed by atoms with Crippen molar-refractivity contribution >= 4 is 11.3 Å². The molecular formula is C13H21N3OS. The molecule has 2 fully saturated rings. The Morgan fingerprint density at radius 2 is 2.00 bits per heavy atom. The minimum absolute atomic E-state index is 0.592. The fraction of sp³-hybridized carbons (Fsp3) is 0.846. The second-order valence-corrected chi connectivity index (χ2v) is 6.35. The quantitative estimate of drug-likeness (QED) is 0.802. The zero-order valence-electron chi connectivity index (χ0n) is 10.7. The van der Waals surface area contributed by atoms with Gasteiger partial charge in [-0.2, -0.15) is 0 Å². The zero-order chi connectivity index (χ0) is 12.2. The highest BCUT2D eigenvalue weighted by molar-refractivity contribution is 7.11. The third kappa shape index (κ3) is 3.49. The van der Waals surface area contributed by atoms with Crippen molar-refractivity contribution < 1.29 is 4.74 Å². The van der Waals surface area contributed by atoms with Gasteiger partial charge in [-0.3, -0.25) is 0 Å². The van der Waals surface area contributed by atoms with Gasteiger partial charge in [0.2, 0.25) is 0 Å². The lowest BCUT2D eigenvalue weighted by Gasteiger charge is -2.18. The Hall–Kier alpha value is -0.520. The highest BCUT2D eigenvalue weighted by Crippen LogP contribution is 2.29. The molecule has 100 valence electrons. The Labute approximate surface area is 112 Å². The average molecular weight is 267 g/mol. The van der Waals surface area contributed by atoms with Crippen molar-refractivity contribution in [1.82, 2.24) is 15.5 Å². The van der Waals surface area contributed by atoms with Gasteiger partial charge in [-0.25, -0.2) is 0 Å². The summed E-state index contributed by atoms with van der Waals surface area (Å²) in [5.74, 6) is 0.592. The van der Waals surface area contributed by atoms with Crippen LogP contribution < -0.4 is 5.32 Å². The SMILES string of the molecule is C(CNC1CC1)Cc1nnc(C2CCOCC2)s1. The summed E-state index contributed by atoms with van der Waals surface area (Å²) in [6.45, 7) is 2.88. The summed E-state index contributed by atoms with van der Waals surface area (Å²) < 4.78 is 5.38. The molecule has 1 saturated heterocycles. The normalized spacial score (nSPS) is 21.3. The summed E-state index contributed by atoms with van der Waals surface area (Å²) >= 11 is 1.81. The van der Waals surface area contributed by atoms with Crippen LogP contribution in [0.4, 0.5) is 0 Å². The number of nitrogens with one attached hydrogen (secondary N) is 1. The van der Waals surface area contributed by atoms with E-state index in [0.717, 1.165) is 45.1 Å². The number of hydrogen-bond acceptors (Lipinski definition) is 5. The number of aromatic nitrogens is 2. The molecule has 0 unspecified atom stereocenters. The van der Waals surface area contributed by atoms with Crippen LogP contribution in [0.1, 0.15) is 48.0 Å². The van der Waals surface area contributed by atoms with Crippen molar-refractivity contribution in [2.45, 2.75) is 50.5 Å².